The number of rotatable bonds is 7. The van der Waals surface area contributed by atoms with E-state index in [1.165, 1.54) is 48.0 Å². The Balaban J connectivity index is 1.04. The third-order valence-corrected chi connectivity index (χ3v) is 11.7. The molecule has 4 heteroatoms. The van der Waals surface area contributed by atoms with Crippen LogP contribution in [-0.4, -0.2) is 0 Å². The van der Waals surface area contributed by atoms with Crippen LogP contribution in [0.25, 0.3) is 42.4 Å². The lowest BCUT2D eigenvalue weighted by Crippen LogP contribution is -2.10. The zero-order valence-electron chi connectivity index (χ0n) is 28.8. The van der Waals surface area contributed by atoms with Gasteiger partial charge in [-0.05, 0) is 119 Å². The van der Waals surface area contributed by atoms with Gasteiger partial charge in [0.2, 0.25) is 0 Å². The van der Waals surface area contributed by atoms with Crippen LogP contribution in [0.1, 0.15) is 11.1 Å². The number of nitrogens with zero attached hydrogens (tertiary/aromatic N) is 2. The van der Waals surface area contributed by atoms with Crippen molar-refractivity contribution in [3.05, 3.63) is 204 Å². The lowest BCUT2D eigenvalue weighted by atomic mass is 10.0. The van der Waals surface area contributed by atoms with E-state index in [-0.39, 0.29) is 0 Å². The first-order chi connectivity index (χ1) is 26.2. The van der Waals surface area contributed by atoms with Crippen molar-refractivity contribution in [3.63, 3.8) is 0 Å². The minimum absolute atomic E-state index is 0.786. The summed E-state index contributed by atoms with van der Waals surface area (Å²) < 4.78 is 2.55. The van der Waals surface area contributed by atoms with Gasteiger partial charge in [0.25, 0.3) is 0 Å². The van der Waals surface area contributed by atoms with Gasteiger partial charge in [0.15, 0.2) is 0 Å². The van der Waals surface area contributed by atoms with E-state index < -0.39 is 0 Å². The molecule has 8 aromatic carbocycles. The van der Waals surface area contributed by atoms with Crippen LogP contribution in [0.2, 0.25) is 5.02 Å². The maximum atomic E-state index is 7.10. The van der Waals surface area contributed by atoms with Crippen LogP contribution in [0.15, 0.2) is 188 Å². The molecule has 1 heterocycles. The number of thiophene rings is 1. The van der Waals surface area contributed by atoms with Crippen LogP contribution < -0.4 is 9.80 Å². The summed E-state index contributed by atoms with van der Waals surface area (Å²) in [5.41, 5.74) is 14.0. The van der Waals surface area contributed by atoms with Gasteiger partial charge < -0.3 is 9.80 Å². The molecule has 0 unspecified atom stereocenters. The predicted molar refractivity (Wildman–Crippen MR) is 227 cm³/mol. The SMILES string of the molecule is Clc1cc(N(c2ccccc2)c2cccc(-c3ccc4c(c3)sc3ccc(N(c5ccccc5)c5ccccc5)cc34)c2)cc2c1-c1ccccc1C2. The molecule has 0 bridgehead atoms. The van der Waals surface area contributed by atoms with Crippen LogP contribution in [-0.2, 0) is 6.42 Å². The summed E-state index contributed by atoms with van der Waals surface area (Å²) in [7, 11) is 0. The fourth-order valence-electron chi connectivity index (χ4n) is 7.88. The highest BCUT2D eigenvalue weighted by atomic mass is 35.5. The quantitative estimate of drug-likeness (QED) is 0.162. The van der Waals surface area contributed by atoms with Gasteiger partial charge in [-0.15, -0.1) is 11.3 Å². The van der Waals surface area contributed by atoms with Crippen molar-refractivity contribution < 1.29 is 0 Å². The van der Waals surface area contributed by atoms with Gasteiger partial charge >= 0.3 is 0 Å². The molecule has 2 nitrogen and oxygen atoms in total. The first-order valence-electron chi connectivity index (χ1n) is 17.9. The van der Waals surface area contributed by atoms with Crippen molar-refractivity contribution in [1.29, 1.82) is 0 Å². The number of halogens is 1. The van der Waals surface area contributed by atoms with Crippen molar-refractivity contribution >= 4 is 77.2 Å². The maximum absolute atomic E-state index is 7.10. The Bertz CT molecular complexity index is 2740. The topological polar surface area (TPSA) is 6.48 Å². The summed E-state index contributed by atoms with van der Waals surface area (Å²) >= 11 is 8.95. The van der Waals surface area contributed by atoms with E-state index in [0.717, 1.165) is 51.1 Å². The molecule has 0 N–H and O–H groups in total. The van der Waals surface area contributed by atoms with Crippen molar-refractivity contribution in [2.45, 2.75) is 6.42 Å². The molecule has 0 saturated heterocycles. The predicted octanol–water partition coefficient (Wildman–Crippen LogP) is 14.9. The normalized spacial score (nSPS) is 11.8. The molecular formula is C49H33ClN2S. The van der Waals surface area contributed by atoms with E-state index in [1.54, 1.807) is 0 Å². The minimum atomic E-state index is 0.786. The first-order valence-corrected chi connectivity index (χ1v) is 19.1. The van der Waals surface area contributed by atoms with Crippen LogP contribution in [0, 0.1) is 0 Å². The smallest absolute Gasteiger partial charge is 0.0508 e. The van der Waals surface area contributed by atoms with Crippen LogP contribution in [0.3, 0.4) is 0 Å². The summed E-state index contributed by atoms with van der Waals surface area (Å²) in [5.74, 6) is 0. The first kappa shape index (κ1) is 31.6. The van der Waals surface area contributed by atoms with Crippen LogP contribution >= 0.6 is 22.9 Å². The Labute approximate surface area is 318 Å². The summed E-state index contributed by atoms with van der Waals surface area (Å²) in [6.07, 6.45) is 0.884. The molecule has 1 aliphatic rings. The van der Waals surface area contributed by atoms with Gasteiger partial charge in [0.1, 0.15) is 0 Å². The van der Waals surface area contributed by atoms with Crippen LogP contribution in [0.4, 0.5) is 34.1 Å². The van der Waals surface area contributed by atoms with E-state index in [9.17, 15) is 0 Å². The minimum Gasteiger partial charge on any atom is -0.310 e. The van der Waals surface area contributed by atoms with Gasteiger partial charge in [-0.25, -0.2) is 0 Å². The van der Waals surface area contributed by atoms with E-state index in [4.69, 9.17) is 11.6 Å². The molecule has 0 saturated carbocycles. The molecule has 252 valence electrons. The van der Waals surface area contributed by atoms with E-state index >= 15 is 0 Å². The maximum Gasteiger partial charge on any atom is 0.0508 e. The van der Waals surface area contributed by atoms with Gasteiger partial charge in [-0.2, -0.15) is 0 Å². The molecule has 0 spiro atoms. The lowest BCUT2D eigenvalue weighted by Gasteiger charge is -2.27. The number of anilines is 6. The second-order valence-corrected chi connectivity index (χ2v) is 15.0. The molecule has 1 aliphatic carbocycles. The number of hydrogen-bond donors (Lipinski definition) is 0. The highest BCUT2D eigenvalue weighted by molar-refractivity contribution is 7.25. The van der Waals surface area contributed by atoms with Crippen molar-refractivity contribution in [1.82, 2.24) is 0 Å². The second-order valence-electron chi connectivity index (χ2n) is 13.5. The zero-order chi connectivity index (χ0) is 35.3. The molecular weight excluding hydrogens is 684 g/mol. The third-order valence-electron chi connectivity index (χ3n) is 10.3. The molecule has 53 heavy (non-hydrogen) atoms. The highest BCUT2D eigenvalue weighted by Crippen LogP contribution is 2.47. The molecule has 0 fully saturated rings. The molecule has 9 aromatic rings. The van der Waals surface area contributed by atoms with Gasteiger partial charge in [0, 0.05) is 59.9 Å². The van der Waals surface area contributed by atoms with Gasteiger partial charge in [-0.3, -0.25) is 0 Å². The molecule has 1 aromatic heterocycles. The number of benzene rings is 8. The number of para-hydroxylation sites is 3. The van der Waals surface area contributed by atoms with Crippen molar-refractivity contribution in [2.24, 2.45) is 0 Å². The summed E-state index contributed by atoms with van der Waals surface area (Å²) in [6.45, 7) is 0. The standard InChI is InChI=1S/C49H33ClN2S/c50-46-32-42(29-36-27-35-13-10-11-22-43(35)49(36)46)52(39-19-8-3-9-20-39)40-21-12-14-33(28-40)34-23-25-44-45-31-41(24-26-47(45)53-48(44)30-34)51(37-15-4-1-5-16-37)38-17-6-2-7-18-38/h1-26,28-32H,27H2. The largest absolute Gasteiger partial charge is 0.310 e. The van der Waals surface area contributed by atoms with E-state index in [0.29, 0.717) is 0 Å². The fourth-order valence-corrected chi connectivity index (χ4v) is 9.34. The average molecular weight is 717 g/mol. The Morgan fingerprint density at radius 2 is 1.00 bits per heavy atom. The average Bonchev–Trinajstić information content (AvgIpc) is 3.77. The highest BCUT2D eigenvalue weighted by Gasteiger charge is 2.24. The third kappa shape index (κ3) is 5.66. The zero-order valence-corrected chi connectivity index (χ0v) is 30.4. The summed E-state index contributed by atoms with van der Waals surface area (Å²) in [5, 5.41) is 3.33. The number of hydrogen-bond acceptors (Lipinski definition) is 3. The second kappa shape index (κ2) is 13.1. The Kier molecular flexibility index (Phi) is 7.83. The van der Waals surface area contributed by atoms with Crippen LogP contribution in [0.5, 0.6) is 0 Å². The molecule has 0 atom stereocenters. The Morgan fingerprint density at radius 1 is 0.396 bits per heavy atom. The van der Waals surface area contributed by atoms with Gasteiger partial charge in [0.05, 0.1) is 5.02 Å². The Hall–Kier alpha value is -6.13. The molecule has 0 radical (unpaired) electrons. The molecule has 0 amide bonds. The lowest BCUT2D eigenvalue weighted by molar-refractivity contribution is 1.23. The summed E-state index contributed by atoms with van der Waals surface area (Å²) in [4.78, 5) is 4.65. The van der Waals surface area contributed by atoms with E-state index in [2.05, 4.69) is 198 Å². The fraction of sp³-hybridized carbons (Fsp3) is 0.0204. The van der Waals surface area contributed by atoms with Crippen molar-refractivity contribution in [3.8, 4) is 22.3 Å². The van der Waals surface area contributed by atoms with Gasteiger partial charge in [-0.1, -0.05) is 115 Å². The molecule has 0 aliphatic heterocycles. The summed E-state index contributed by atoms with van der Waals surface area (Å²) in [6, 6.07) is 67.4. The van der Waals surface area contributed by atoms with E-state index in [1.807, 2.05) is 11.3 Å². The monoisotopic (exact) mass is 716 g/mol. The number of fused-ring (bicyclic) bond motifs is 6. The molecule has 10 rings (SSSR count). The Morgan fingerprint density at radius 3 is 1.72 bits per heavy atom. The van der Waals surface area contributed by atoms with Crippen molar-refractivity contribution in [2.75, 3.05) is 9.80 Å².